The van der Waals surface area contributed by atoms with E-state index in [9.17, 15) is 19.2 Å². The fraction of sp³-hybridized carbons (Fsp3) is 0.778. The molecule has 0 unspecified atom stereocenters. The second-order valence-electron chi connectivity index (χ2n) is 5.28. The number of carbonyl (C=O) groups excluding carboxylic acids is 4. The van der Waals surface area contributed by atoms with E-state index in [0.29, 0.717) is 18.0 Å². The molecule has 0 heterocycles. The molecule has 0 saturated carbocycles. The fourth-order valence-corrected chi connectivity index (χ4v) is 0.851. The third-order valence-electron chi connectivity index (χ3n) is 2.26. The van der Waals surface area contributed by atoms with Crippen molar-refractivity contribution in [3.05, 3.63) is 0 Å². The normalized spacial score (nSPS) is 8.13. The minimum atomic E-state index is -0.333. The first-order valence-corrected chi connectivity index (χ1v) is 8.29. The minimum Gasteiger partial charge on any atom is -0.370 e. The highest BCUT2D eigenvalue weighted by molar-refractivity contribution is 5.75. The fourth-order valence-electron chi connectivity index (χ4n) is 0.851. The summed E-state index contributed by atoms with van der Waals surface area (Å²) in [6.07, 6.45) is 6.54. The van der Waals surface area contributed by atoms with Gasteiger partial charge in [0.25, 0.3) is 0 Å². The number of hydrogen-bond acceptors (Lipinski definition) is 4. The van der Waals surface area contributed by atoms with Crippen LogP contribution in [0.1, 0.15) is 93.4 Å². The van der Waals surface area contributed by atoms with E-state index in [4.69, 9.17) is 0 Å². The largest absolute Gasteiger partial charge is 0.370 e. The topological polar surface area (TPSA) is 94.3 Å². The molecular formula is C18H37NO4. The smallest absolute Gasteiger partial charge is 0.214 e. The number of nitrogens with two attached hydrogens (primary N) is 1. The van der Waals surface area contributed by atoms with Gasteiger partial charge in [0, 0.05) is 26.2 Å². The first-order chi connectivity index (χ1) is 10.5. The molecule has 5 heteroatoms. The molecule has 0 aromatic carbocycles. The molecular weight excluding hydrogens is 294 g/mol. The van der Waals surface area contributed by atoms with Crippen molar-refractivity contribution < 1.29 is 19.2 Å². The van der Waals surface area contributed by atoms with Gasteiger partial charge in [-0.15, -0.1) is 0 Å². The lowest BCUT2D eigenvalue weighted by Crippen LogP contribution is -2.01. The maximum atomic E-state index is 10.2. The lowest BCUT2D eigenvalue weighted by molar-refractivity contribution is -0.117. The summed E-state index contributed by atoms with van der Waals surface area (Å²) in [4.78, 5) is 39.4. The van der Waals surface area contributed by atoms with E-state index in [-0.39, 0.29) is 11.7 Å². The molecule has 5 nitrogen and oxygen atoms in total. The van der Waals surface area contributed by atoms with Gasteiger partial charge in [-0.05, 0) is 33.6 Å². The average Bonchev–Trinajstić information content (AvgIpc) is 2.43. The summed E-state index contributed by atoms with van der Waals surface area (Å²) in [6, 6.07) is 0. The molecule has 0 rings (SSSR count). The van der Waals surface area contributed by atoms with Crippen molar-refractivity contribution in [2.24, 2.45) is 5.73 Å². The Morgan fingerprint density at radius 2 is 0.870 bits per heavy atom. The highest BCUT2D eigenvalue weighted by Gasteiger charge is 1.88. The molecule has 0 aromatic heterocycles. The molecule has 23 heavy (non-hydrogen) atoms. The third kappa shape index (κ3) is 97.3. The molecule has 2 N–H and O–H groups in total. The molecule has 0 fully saturated rings. The van der Waals surface area contributed by atoms with Crippen LogP contribution in [0.15, 0.2) is 0 Å². The predicted molar refractivity (Wildman–Crippen MR) is 96.3 cm³/mol. The van der Waals surface area contributed by atoms with Crippen molar-refractivity contribution in [1.82, 2.24) is 0 Å². The third-order valence-corrected chi connectivity index (χ3v) is 2.26. The Balaban J connectivity index is -0.000000107. The highest BCUT2D eigenvalue weighted by Crippen LogP contribution is 1.93. The van der Waals surface area contributed by atoms with Crippen LogP contribution in [-0.2, 0) is 19.2 Å². The number of Topliss-reactive ketones (excluding diaryl/α,β-unsaturated/α-hetero) is 3. The summed E-state index contributed by atoms with van der Waals surface area (Å²) in [5, 5.41) is 0. The summed E-state index contributed by atoms with van der Waals surface area (Å²) >= 11 is 0. The van der Waals surface area contributed by atoms with Gasteiger partial charge in [0.05, 0.1) is 0 Å². The second kappa shape index (κ2) is 25.4. The molecule has 0 aliphatic rings. The summed E-state index contributed by atoms with van der Waals surface area (Å²) in [6.45, 7) is 12.2. The van der Waals surface area contributed by atoms with Gasteiger partial charge >= 0.3 is 0 Å². The molecule has 138 valence electrons. The number of unbranched alkanes of at least 4 members (excludes halogenated alkanes) is 2. The van der Waals surface area contributed by atoms with E-state index in [1.165, 1.54) is 6.92 Å². The zero-order chi connectivity index (χ0) is 19.3. The Morgan fingerprint density at radius 3 is 0.913 bits per heavy atom. The van der Waals surface area contributed by atoms with Crippen molar-refractivity contribution in [1.29, 1.82) is 0 Å². The van der Waals surface area contributed by atoms with Crippen LogP contribution in [0.3, 0.4) is 0 Å². The number of carbonyl (C=O) groups is 4. The molecule has 1 amide bonds. The second-order valence-corrected chi connectivity index (χ2v) is 5.28. The Bertz CT molecular complexity index is 290. The van der Waals surface area contributed by atoms with Gasteiger partial charge < -0.3 is 20.1 Å². The monoisotopic (exact) mass is 331 g/mol. The molecule has 0 atom stereocenters. The van der Waals surface area contributed by atoms with Crippen LogP contribution in [0.25, 0.3) is 0 Å². The standard InChI is InChI=1S/2C6H12O.C4H8O.C2H5NO/c2*1-3-4-5-6(2)7;1-3-4(2)5;1-2(3)4/h2*3-5H2,1-2H3;3H2,1-2H3;1H3,(H2,3,4). The zero-order valence-electron chi connectivity index (χ0n) is 16.2. The molecule has 0 spiro atoms. The Kier molecular flexibility index (Phi) is 32.6. The Labute approximate surface area is 142 Å². The van der Waals surface area contributed by atoms with Gasteiger partial charge in [-0.3, -0.25) is 4.79 Å². The van der Waals surface area contributed by atoms with Crippen molar-refractivity contribution in [3.63, 3.8) is 0 Å². The van der Waals surface area contributed by atoms with Crippen molar-refractivity contribution in [3.8, 4) is 0 Å². The lowest BCUT2D eigenvalue weighted by Gasteiger charge is -1.86. The quantitative estimate of drug-likeness (QED) is 0.762. The average molecular weight is 331 g/mol. The van der Waals surface area contributed by atoms with Crippen molar-refractivity contribution >= 4 is 23.3 Å². The molecule has 0 bridgehead atoms. The number of amides is 1. The van der Waals surface area contributed by atoms with Crippen LogP contribution in [0, 0.1) is 0 Å². The Morgan fingerprint density at radius 1 is 0.652 bits per heavy atom. The van der Waals surface area contributed by atoms with Gasteiger partial charge in [0.2, 0.25) is 5.91 Å². The van der Waals surface area contributed by atoms with Gasteiger partial charge in [0.15, 0.2) is 0 Å². The van der Waals surface area contributed by atoms with Crippen LogP contribution < -0.4 is 5.73 Å². The van der Waals surface area contributed by atoms with E-state index in [1.807, 2.05) is 6.92 Å². The summed E-state index contributed by atoms with van der Waals surface area (Å²) in [7, 11) is 0. The Hall–Kier alpha value is -1.52. The molecule has 0 aliphatic heterocycles. The van der Waals surface area contributed by atoms with E-state index >= 15 is 0 Å². The SMILES string of the molecule is CC(N)=O.CCC(C)=O.CCCCC(C)=O.CCCCC(C)=O. The van der Waals surface area contributed by atoms with Crippen molar-refractivity contribution in [2.45, 2.75) is 93.4 Å². The summed E-state index contributed by atoms with van der Waals surface area (Å²) in [5.74, 6) is 0.536. The van der Waals surface area contributed by atoms with Crippen LogP contribution in [0.5, 0.6) is 0 Å². The number of primary amides is 1. The van der Waals surface area contributed by atoms with Crippen LogP contribution in [-0.4, -0.2) is 23.3 Å². The van der Waals surface area contributed by atoms with Gasteiger partial charge in [0.1, 0.15) is 17.3 Å². The van der Waals surface area contributed by atoms with Crippen molar-refractivity contribution in [2.75, 3.05) is 0 Å². The van der Waals surface area contributed by atoms with E-state index in [2.05, 4.69) is 19.6 Å². The molecule has 0 saturated heterocycles. The van der Waals surface area contributed by atoms with Crippen LogP contribution in [0.2, 0.25) is 0 Å². The number of hydrogen-bond donors (Lipinski definition) is 1. The molecule has 0 aliphatic carbocycles. The van der Waals surface area contributed by atoms with E-state index in [1.54, 1.807) is 20.8 Å². The summed E-state index contributed by atoms with van der Waals surface area (Å²) < 4.78 is 0. The maximum Gasteiger partial charge on any atom is 0.214 e. The van der Waals surface area contributed by atoms with E-state index < -0.39 is 0 Å². The van der Waals surface area contributed by atoms with E-state index in [0.717, 1.165) is 38.5 Å². The summed E-state index contributed by atoms with van der Waals surface area (Å²) in [5.41, 5.74) is 4.47. The lowest BCUT2D eigenvalue weighted by atomic mass is 10.2. The zero-order valence-corrected chi connectivity index (χ0v) is 16.2. The van der Waals surface area contributed by atoms with Gasteiger partial charge in [-0.25, -0.2) is 0 Å². The highest BCUT2D eigenvalue weighted by atomic mass is 16.1. The van der Waals surface area contributed by atoms with Gasteiger partial charge in [-0.1, -0.05) is 33.6 Å². The maximum absolute atomic E-state index is 10.2. The first-order valence-electron chi connectivity index (χ1n) is 8.29. The van der Waals surface area contributed by atoms with Crippen LogP contribution in [0.4, 0.5) is 0 Å². The first kappa shape index (κ1) is 29.5. The minimum absolute atomic E-state index is 0.255. The van der Waals surface area contributed by atoms with Crippen LogP contribution >= 0.6 is 0 Å². The van der Waals surface area contributed by atoms with Gasteiger partial charge in [-0.2, -0.15) is 0 Å². The molecule has 0 aromatic rings. The number of rotatable bonds is 7. The predicted octanol–water partition coefficient (Wildman–Crippen LogP) is 4.01. The molecule has 0 radical (unpaired) electrons. The number of ketones is 3.